The predicted octanol–water partition coefficient (Wildman–Crippen LogP) is 13.1. The summed E-state index contributed by atoms with van der Waals surface area (Å²) in [5, 5.41) is 0. The maximum absolute atomic E-state index is 9.73. The molecule has 0 atom stereocenters. The van der Waals surface area contributed by atoms with Crippen LogP contribution in [0.5, 0.6) is 0 Å². The molecule has 1 spiro atoms. The summed E-state index contributed by atoms with van der Waals surface area (Å²) in [7, 11) is 0. The fourth-order valence-corrected chi connectivity index (χ4v) is 6.89. The first-order chi connectivity index (χ1) is 34.7. The molecule has 1 saturated carbocycles. The Kier molecular flexibility index (Phi) is 4.40. The Balaban J connectivity index is 1.21. The summed E-state index contributed by atoms with van der Waals surface area (Å²) in [5.41, 5.74) is -4.98. The largest absolute Gasteiger partial charge is 0.208 e. The van der Waals surface area contributed by atoms with Crippen LogP contribution in [-0.4, -0.2) is 15.0 Å². The first-order valence-electron chi connectivity index (χ1n) is 27.1. The van der Waals surface area contributed by atoms with Gasteiger partial charge in [-0.3, -0.25) is 0 Å². The van der Waals surface area contributed by atoms with Gasteiger partial charge in [0, 0.05) is 35.8 Å². The first kappa shape index (κ1) is 17.6. The Bertz CT molecular complexity index is 3590. The van der Waals surface area contributed by atoms with E-state index in [2.05, 4.69) is 0 Å². The van der Waals surface area contributed by atoms with Crippen LogP contribution in [0.1, 0.15) is 70.4 Å². The second-order valence-corrected chi connectivity index (χ2v) is 12.6. The van der Waals surface area contributed by atoms with E-state index in [-0.39, 0.29) is 11.1 Å². The first-order valence-corrected chi connectivity index (χ1v) is 17.1. The van der Waals surface area contributed by atoms with E-state index in [1.54, 1.807) is 36.4 Å². The zero-order chi connectivity index (χ0) is 53.6. The lowest BCUT2D eigenvalue weighted by molar-refractivity contribution is 0.353. The van der Waals surface area contributed by atoms with Crippen LogP contribution in [0.25, 0.3) is 78.7 Å². The van der Waals surface area contributed by atoms with Crippen molar-refractivity contribution < 1.29 is 27.4 Å². The van der Waals surface area contributed by atoms with Crippen molar-refractivity contribution in [3.8, 4) is 78.7 Å². The predicted molar refractivity (Wildman–Crippen MR) is 222 cm³/mol. The molecule has 0 radical (unpaired) electrons. The van der Waals surface area contributed by atoms with Gasteiger partial charge in [-0.05, 0) is 86.6 Å². The highest BCUT2D eigenvalue weighted by atomic mass is 15.0. The Morgan fingerprint density at radius 3 is 1.74 bits per heavy atom. The molecule has 2 aliphatic rings. The van der Waals surface area contributed by atoms with Crippen molar-refractivity contribution in [3.05, 3.63) is 187 Å². The Morgan fingerprint density at radius 1 is 0.407 bits per heavy atom. The average Bonchev–Trinajstić information content (AvgIpc) is 3.71. The summed E-state index contributed by atoms with van der Waals surface area (Å²) >= 11 is 0. The normalized spacial score (nSPS) is 24.1. The van der Waals surface area contributed by atoms with Gasteiger partial charge < -0.3 is 0 Å². The van der Waals surface area contributed by atoms with Crippen molar-refractivity contribution in [1.29, 1.82) is 0 Å². The van der Waals surface area contributed by atoms with Gasteiger partial charge in [-0.2, -0.15) is 0 Å². The van der Waals surface area contributed by atoms with E-state index in [1.165, 1.54) is 0 Å². The van der Waals surface area contributed by atoms with Crippen molar-refractivity contribution in [2.45, 2.75) is 37.3 Å². The monoisotopic (exact) mass is 713 g/mol. The quantitative estimate of drug-likeness (QED) is 0.172. The average molecular weight is 714 g/mol. The van der Waals surface area contributed by atoms with Gasteiger partial charge in [0.25, 0.3) is 0 Å². The molecule has 0 unspecified atom stereocenters. The van der Waals surface area contributed by atoms with E-state index >= 15 is 0 Å². The molecule has 3 heteroatoms. The smallest absolute Gasteiger partial charge is 0.164 e. The van der Waals surface area contributed by atoms with Crippen molar-refractivity contribution in [2.24, 2.45) is 0 Å². The van der Waals surface area contributed by atoms with Crippen LogP contribution in [0, 0.1) is 0 Å². The van der Waals surface area contributed by atoms with Gasteiger partial charge in [-0.15, -0.1) is 0 Å². The molecule has 0 N–H and O–H groups in total. The van der Waals surface area contributed by atoms with E-state index < -0.39 is 131 Å². The number of hydrogen-bond acceptors (Lipinski definition) is 3. The van der Waals surface area contributed by atoms with Crippen LogP contribution in [-0.2, 0) is 5.41 Å². The van der Waals surface area contributed by atoms with E-state index in [9.17, 15) is 12.3 Å². The third kappa shape index (κ3) is 5.64. The zero-order valence-corrected chi connectivity index (χ0v) is 28.3. The fraction of sp³-hybridized carbons (Fsp3) is 0.118. The lowest BCUT2D eigenvalue weighted by Crippen LogP contribution is -2.28. The molecule has 258 valence electrons. The Labute approximate surface area is 345 Å². The standard InChI is InChI=1S/C51H39N3/c1-4-16-35(17-5-1)48-52-49(36-18-6-2-7-19-36)54-50(53-48)45-26-9-8-24-42(45)41-23-15-22-39(33-41)37-20-14-21-38(32-37)40-28-29-44-43-25-10-11-27-46(43)51(47(44)34-40)30-12-3-13-31-51/h1-2,4-11,14-29,32-34H,3,12-13,30-31H2/i3D2,10D,11D,12D2,13D2,14D,20D,21D,25D,27D,28D,29D,30D2,31D2,32D. The summed E-state index contributed by atoms with van der Waals surface area (Å²) < 4.78 is 182. The van der Waals surface area contributed by atoms with E-state index in [0.717, 1.165) is 17.2 Å². The minimum Gasteiger partial charge on any atom is -0.208 e. The van der Waals surface area contributed by atoms with Gasteiger partial charge >= 0.3 is 0 Å². The number of benzene rings is 7. The second kappa shape index (κ2) is 13.5. The molecule has 7 aromatic carbocycles. The molecular formula is C51H39N3. The van der Waals surface area contributed by atoms with E-state index in [0.29, 0.717) is 34.2 Å². The number of nitrogens with zero attached hydrogens (tertiary/aromatic N) is 3. The van der Waals surface area contributed by atoms with Gasteiger partial charge in [-0.25, -0.2) is 15.0 Å². The summed E-state index contributed by atoms with van der Waals surface area (Å²) in [6.45, 7) is 0. The maximum Gasteiger partial charge on any atom is 0.164 e. The molecule has 1 aromatic heterocycles. The van der Waals surface area contributed by atoms with Gasteiger partial charge in [0.1, 0.15) is 0 Å². The van der Waals surface area contributed by atoms with Gasteiger partial charge in [0.15, 0.2) is 17.5 Å². The van der Waals surface area contributed by atoms with Crippen molar-refractivity contribution in [1.82, 2.24) is 15.0 Å². The van der Waals surface area contributed by atoms with Crippen LogP contribution >= 0.6 is 0 Å². The Morgan fingerprint density at radius 2 is 1.00 bits per heavy atom. The van der Waals surface area contributed by atoms with Crippen LogP contribution in [0.15, 0.2) is 176 Å². The molecule has 3 nitrogen and oxygen atoms in total. The van der Waals surface area contributed by atoms with Gasteiger partial charge in [0.2, 0.25) is 0 Å². The molecule has 10 rings (SSSR count). The zero-order valence-electron chi connectivity index (χ0n) is 48.3. The SMILES string of the molecule is [2H]c1c(-c2c([2H])c([2H])c([2H])c(-c3cccc(-c4ccccc4-c4nc(-c5ccccc5)nc(-c5ccccc5)n4)c3)c2[2H])cc2c(c1[2H])-c1c([2H])c([2H])c([2H])c([2H])c1C21C([2H])([2H])C([2H])([2H])C([2H])([2H])C([2H])([2H])C1([2H])[2H]. The maximum atomic E-state index is 9.73. The molecule has 2 aliphatic carbocycles. The van der Waals surface area contributed by atoms with Crippen molar-refractivity contribution in [2.75, 3.05) is 0 Å². The summed E-state index contributed by atoms with van der Waals surface area (Å²) in [6.07, 6.45) is -19.9. The summed E-state index contributed by atoms with van der Waals surface area (Å²) in [6, 6.07) is 24.6. The van der Waals surface area contributed by atoms with Crippen LogP contribution in [0.3, 0.4) is 0 Å². The van der Waals surface area contributed by atoms with Crippen LogP contribution < -0.4 is 0 Å². The highest BCUT2D eigenvalue weighted by Crippen LogP contribution is 2.56. The fourth-order valence-electron chi connectivity index (χ4n) is 6.89. The van der Waals surface area contributed by atoms with Crippen molar-refractivity contribution in [3.63, 3.8) is 0 Å². The molecule has 8 aromatic rings. The molecule has 0 bridgehead atoms. The molecule has 0 amide bonds. The number of rotatable bonds is 6. The van der Waals surface area contributed by atoms with Gasteiger partial charge in [-0.1, -0.05) is 177 Å². The lowest BCUT2D eigenvalue weighted by Gasteiger charge is -2.36. The molecule has 0 aliphatic heterocycles. The third-order valence-corrected chi connectivity index (χ3v) is 9.45. The third-order valence-electron chi connectivity index (χ3n) is 9.45. The molecule has 1 fully saturated rings. The summed E-state index contributed by atoms with van der Waals surface area (Å²) in [5.74, 6) is 1.13. The lowest BCUT2D eigenvalue weighted by atomic mass is 9.67. The second-order valence-electron chi connectivity index (χ2n) is 12.6. The summed E-state index contributed by atoms with van der Waals surface area (Å²) in [4.78, 5) is 14.6. The van der Waals surface area contributed by atoms with E-state index in [4.69, 9.17) is 30.0 Å². The minimum absolute atomic E-state index is 0.169. The highest BCUT2D eigenvalue weighted by molar-refractivity contribution is 5.87. The molecule has 54 heavy (non-hydrogen) atoms. The molecule has 1 heterocycles. The topological polar surface area (TPSA) is 38.7 Å². The van der Waals surface area contributed by atoms with Crippen LogP contribution in [0.2, 0.25) is 0 Å². The number of hydrogen-bond donors (Lipinski definition) is 0. The number of fused-ring (bicyclic) bond motifs is 5. The molecular weight excluding hydrogens is 655 g/mol. The van der Waals surface area contributed by atoms with E-state index in [1.807, 2.05) is 72.8 Å². The minimum atomic E-state index is -4.00. The Hall–Kier alpha value is -6.45. The molecule has 0 saturated heterocycles. The van der Waals surface area contributed by atoms with Gasteiger partial charge in [0.05, 0.1) is 13.7 Å². The highest BCUT2D eigenvalue weighted by Gasteiger charge is 2.43. The van der Waals surface area contributed by atoms with Crippen molar-refractivity contribution >= 4 is 0 Å². The number of aromatic nitrogens is 3. The van der Waals surface area contributed by atoms with Crippen LogP contribution in [0.4, 0.5) is 0 Å².